The van der Waals surface area contributed by atoms with Crippen LogP contribution in [-0.4, -0.2) is 0 Å². The Balaban J connectivity index is 2.22. The molecule has 0 heterocycles. The van der Waals surface area contributed by atoms with Crippen molar-refractivity contribution in [2.45, 2.75) is 11.2 Å². The second kappa shape index (κ2) is 6.63. The maximum Gasteiger partial charge on any atom is 0.159 e. The molecule has 2 rings (SSSR count). The Morgan fingerprint density at radius 2 is 1.79 bits per heavy atom. The molecule has 0 fully saturated rings. The first-order valence-electron chi connectivity index (χ1n) is 5.50. The molecule has 0 saturated heterocycles. The molecule has 2 aromatic carbocycles. The van der Waals surface area contributed by atoms with E-state index in [4.69, 9.17) is 0 Å². The smallest absolute Gasteiger partial charge is 0.159 e. The van der Waals surface area contributed by atoms with Gasteiger partial charge in [0.05, 0.1) is 0 Å². The van der Waals surface area contributed by atoms with Crippen molar-refractivity contribution in [2.75, 3.05) is 0 Å². The summed E-state index contributed by atoms with van der Waals surface area (Å²) in [5.41, 5.74) is 1.89. The maximum absolute atomic E-state index is 13.2. The van der Waals surface area contributed by atoms with E-state index in [0.717, 1.165) is 25.2 Å². The molecule has 0 spiro atoms. The highest BCUT2D eigenvalue weighted by Gasteiger charge is 2.13. The summed E-state index contributed by atoms with van der Waals surface area (Å²) < 4.78 is 28.2. The predicted octanol–water partition coefficient (Wildman–Crippen LogP) is 6.01. The van der Waals surface area contributed by atoms with Crippen LogP contribution in [-0.2, 0) is 6.42 Å². The first kappa shape index (κ1) is 15.4. The van der Waals surface area contributed by atoms with E-state index in [9.17, 15) is 8.78 Å². The highest BCUT2D eigenvalue weighted by molar-refractivity contribution is 14.1. The van der Waals surface area contributed by atoms with Gasteiger partial charge in [-0.2, -0.15) is 0 Å². The number of hydrogen-bond acceptors (Lipinski definition) is 0. The molecule has 19 heavy (non-hydrogen) atoms. The van der Waals surface area contributed by atoms with Gasteiger partial charge in [-0.3, -0.25) is 0 Å². The van der Waals surface area contributed by atoms with Crippen molar-refractivity contribution >= 4 is 54.5 Å². The van der Waals surface area contributed by atoms with Gasteiger partial charge >= 0.3 is 0 Å². The highest BCUT2D eigenvalue weighted by Crippen LogP contribution is 2.32. The topological polar surface area (TPSA) is 0 Å². The van der Waals surface area contributed by atoms with Crippen molar-refractivity contribution in [1.82, 2.24) is 0 Å². The van der Waals surface area contributed by atoms with Gasteiger partial charge in [0.2, 0.25) is 0 Å². The van der Waals surface area contributed by atoms with Gasteiger partial charge in [0.1, 0.15) is 0 Å². The Hall–Kier alpha value is -0.0100. The number of alkyl halides is 1. The zero-order chi connectivity index (χ0) is 14.0. The minimum atomic E-state index is -0.813. The molecule has 100 valence electrons. The van der Waals surface area contributed by atoms with E-state index >= 15 is 0 Å². The summed E-state index contributed by atoms with van der Waals surface area (Å²) in [4.78, 5) is 0.0572. The Morgan fingerprint density at radius 3 is 2.47 bits per heavy atom. The summed E-state index contributed by atoms with van der Waals surface area (Å²) in [6.07, 6.45) is 0.601. The quantitative estimate of drug-likeness (QED) is 0.357. The number of halogens is 5. The summed E-state index contributed by atoms with van der Waals surface area (Å²) >= 11 is 9.31. The van der Waals surface area contributed by atoms with Gasteiger partial charge in [-0.05, 0) is 70.5 Å². The number of benzene rings is 2. The van der Waals surface area contributed by atoms with Gasteiger partial charge in [0.25, 0.3) is 0 Å². The van der Waals surface area contributed by atoms with E-state index in [1.807, 2.05) is 18.2 Å². The standard InChI is InChI=1S/C14H9Br2F2I/c15-9-2-4-14(19)10(7-9)11(16)5-8-1-3-12(17)13(18)6-8/h1-4,6-7,11H,5H2. The fourth-order valence-corrected chi connectivity index (χ4v) is 4.01. The van der Waals surface area contributed by atoms with Gasteiger partial charge < -0.3 is 0 Å². The van der Waals surface area contributed by atoms with Gasteiger partial charge in [0.15, 0.2) is 11.6 Å². The van der Waals surface area contributed by atoms with E-state index < -0.39 is 11.6 Å². The molecule has 0 nitrogen and oxygen atoms in total. The van der Waals surface area contributed by atoms with E-state index in [2.05, 4.69) is 54.5 Å². The van der Waals surface area contributed by atoms with Crippen LogP contribution in [0.4, 0.5) is 8.78 Å². The third-order valence-electron chi connectivity index (χ3n) is 2.69. The molecule has 0 aliphatic carbocycles. The highest BCUT2D eigenvalue weighted by atomic mass is 127. The molecular weight excluding hydrogens is 493 g/mol. The van der Waals surface area contributed by atoms with Crippen LogP contribution in [0.25, 0.3) is 0 Å². The van der Waals surface area contributed by atoms with Crippen molar-refractivity contribution in [3.63, 3.8) is 0 Å². The minimum Gasteiger partial charge on any atom is -0.204 e. The van der Waals surface area contributed by atoms with E-state index in [1.54, 1.807) is 6.07 Å². The third kappa shape index (κ3) is 3.98. The molecule has 5 heteroatoms. The van der Waals surface area contributed by atoms with Crippen LogP contribution in [0, 0.1) is 15.2 Å². The van der Waals surface area contributed by atoms with E-state index in [0.29, 0.717) is 6.42 Å². The van der Waals surface area contributed by atoms with Crippen molar-refractivity contribution in [3.8, 4) is 0 Å². The zero-order valence-corrected chi connectivity index (χ0v) is 15.0. The summed E-state index contributed by atoms with van der Waals surface area (Å²) in [7, 11) is 0. The lowest BCUT2D eigenvalue weighted by Crippen LogP contribution is -1.99. The lowest BCUT2D eigenvalue weighted by Gasteiger charge is -2.13. The Morgan fingerprint density at radius 1 is 1.05 bits per heavy atom. The molecule has 0 saturated carbocycles. The van der Waals surface area contributed by atoms with Crippen LogP contribution in [0.15, 0.2) is 40.9 Å². The largest absolute Gasteiger partial charge is 0.204 e. The predicted molar refractivity (Wildman–Crippen MR) is 88.6 cm³/mol. The lowest BCUT2D eigenvalue weighted by atomic mass is 10.0. The van der Waals surface area contributed by atoms with Crippen LogP contribution in [0.1, 0.15) is 16.0 Å². The zero-order valence-electron chi connectivity index (χ0n) is 9.64. The van der Waals surface area contributed by atoms with E-state index in [1.165, 1.54) is 6.07 Å². The van der Waals surface area contributed by atoms with Crippen LogP contribution in [0.3, 0.4) is 0 Å². The molecule has 0 aliphatic rings. The summed E-state index contributed by atoms with van der Waals surface area (Å²) in [6, 6.07) is 10.0. The molecule has 2 aromatic rings. The Bertz CT molecular complexity index is 602. The summed E-state index contributed by atoms with van der Waals surface area (Å²) in [6.45, 7) is 0. The minimum absolute atomic E-state index is 0.0572. The molecule has 0 aromatic heterocycles. The monoisotopic (exact) mass is 500 g/mol. The van der Waals surface area contributed by atoms with Gasteiger partial charge in [-0.15, -0.1) is 0 Å². The van der Waals surface area contributed by atoms with Crippen molar-refractivity contribution < 1.29 is 8.78 Å². The molecule has 0 radical (unpaired) electrons. The lowest BCUT2D eigenvalue weighted by molar-refractivity contribution is 0.507. The molecule has 0 N–H and O–H groups in total. The maximum atomic E-state index is 13.2. The molecular formula is C14H9Br2F2I. The van der Waals surface area contributed by atoms with Crippen LogP contribution in [0.2, 0.25) is 0 Å². The fraction of sp³-hybridized carbons (Fsp3) is 0.143. The number of rotatable bonds is 3. The Kier molecular flexibility index (Phi) is 5.37. The van der Waals surface area contributed by atoms with Crippen LogP contribution in [0.5, 0.6) is 0 Å². The fourth-order valence-electron chi connectivity index (χ4n) is 1.74. The first-order chi connectivity index (χ1) is 8.97. The SMILES string of the molecule is Fc1ccc(CC(Br)c2cc(Br)ccc2I)cc1F. The molecule has 0 bridgehead atoms. The normalized spacial score (nSPS) is 12.5. The summed E-state index contributed by atoms with van der Waals surface area (Å²) in [5.74, 6) is -1.62. The molecule has 1 unspecified atom stereocenters. The first-order valence-corrected chi connectivity index (χ1v) is 8.29. The van der Waals surface area contributed by atoms with Crippen molar-refractivity contribution in [3.05, 3.63) is 67.2 Å². The Labute approximate surface area is 141 Å². The summed E-state index contributed by atoms with van der Waals surface area (Å²) in [5, 5.41) is 0. The second-order valence-corrected chi connectivity index (χ2v) is 7.27. The molecule has 1 atom stereocenters. The van der Waals surface area contributed by atoms with Gasteiger partial charge in [0, 0.05) is 12.9 Å². The van der Waals surface area contributed by atoms with Crippen molar-refractivity contribution in [2.24, 2.45) is 0 Å². The second-order valence-electron chi connectivity index (χ2n) is 4.09. The average Bonchev–Trinajstić information content (AvgIpc) is 2.36. The van der Waals surface area contributed by atoms with Gasteiger partial charge in [-0.25, -0.2) is 8.78 Å². The third-order valence-corrected chi connectivity index (χ3v) is 4.99. The average molecular weight is 502 g/mol. The van der Waals surface area contributed by atoms with E-state index in [-0.39, 0.29) is 4.83 Å². The molecule has 0 aliphatic heterocycles. The number of hydrogen-bond donors (Lipinski definition) is 0. The molecule has 0 amide bonds. The van der Waals surface area contributed by atoms with Crippen LogP contribution >= 0.6 is 54.5 Å². The van der Waals surface area contributed by atoms with Crippen LogP contribution < -0.4 is 0 Å². The van der Waals surface area contributed by atoms with Crippen molar-refractivity contribution in [1.29, 1.82) is 0 Å². The van der Waals surface area contributed by atoms with Gasteiger partial charge in [-0.1, -0.05) is 37.9 Å².